The van der Waals surface area contributed by atoms with Crippen LogP contribution in [0.1, 0.15) is 25.8 Å². The molecule has 1 amide bonds. The number of nitrogens with one attached hydrogen (secondary N) is 2. The highest BCUT2D eigenvalue weighted by molar-refractivity contribution is 5.85. The van der Waals surface area contributed by atoms with Gasteiger partial charge in [0.25, 0.3) is 0 Å². The number of rotatable bonds is 8. The van der Waals surface area contributed by atoms with Crippen molar-refractivity contribution in [1.82, 2.24) is 10.6 Å². The average molecular weight is 303 g/mol. The lowest BCUT2D eigenvalue weighted by Crippen LogP contribution is -2.35. The number of amides is 1. The van der Waals surface area contributed by atoms with Gasteiger partial charge in [0, 0.05) is 19.0 Å². The first kappa shape index (κ1) is 18.9. The predicted octanol–water partition coefficient (Wildman–Crippen LogP) is 2.54. The Morgan fingerprint density at radius 1 is 1.25 bits per heavy atom. The molecule has 0 saturated heterocycles. The molecule has 0 spiro atoms. The molecule has 1 atom stereocenters. The highest BCUT2D eigenvalue weighted by atomic mass is 35.5. The maximum atomic E-state index is 13.5. The highest BCUT2D eigenvalue weighted by Gasteiger charge is 2.14. The van der Waals surface area contributed by atoms with E-state index in [1.807, 2.05) is 6.92 Å². The minimum Gasteiger partial charge on any atom is -0.355 e. The number of carbonyl (C=O) groups excluding carboxylic acids is 1. The van der Waals surface area contributed by atoms with Gasteiger partial charge in [0.15, 0.2) is 0 Å². The Kier molecular flexibility index (Phi) is 10.0. The van der Waals surface area contributed by atoms with Crippen molar-refractivity contribution in [3.05, 3.63) is 35.6 Å². The molecule has 1 rings (SSSR count). The van der Waals surface area contributed by atoms with Gasteiger partial charge in [-0.1, -0.05) is 32.0 Å². The minimum absolute atomic E-state index is 0. The Bertz CT molecular complexity index is 401. The van der Waals surface area contributed by atoms with Crippen molar-refractivity contribution in [2.75, 3.05) is 19.6 Å². The largest absolute Gasteiger partial charge is 0.355 e. The van der Waals surface area contributed by atoms with E-state index in [4.69, 9.17) is 0 Å². The van der Waals surface area contributed by atoms with Crippen molar-refractivity contribution < 1.29 is 9.18 Å². The minimum atomic E-state index is -0.244. The molecule has 20 heavy (non-hydrogen) atoms. The standard InChI is InChI=1S/C15H23FN2O.ClH/c1-3-8-17-9-10-18-15(19)12(2)11-13-6-4-5-7-14(13)16;/h4-7,12,17H,3,8-11H2,1-2H3,(H,18,19);1H. The second-order valence-corrected chi connectivity index (χ2v) is 4.74. The number of carbonyl (C=O) groups is 1. The molecule has 0 aliphatic rings. The first-order chi connectivity index (χ1) is 9.15. The van der Waals surface area contributed by atoms with Crippen molar-refractivity contribution in [3.8, 4) is 0 Å². The number of benzene rings is 1. The fourth-order valence-electron chi connectivity index (χ4n) is 1.84. The molecule has 0 saturated carbocycles. The maximum absolute atomic E-state index is 13.5. The molecule has 5 heteroatoms. The lowest BCUT2D eigenvalue weighted by Gasteiger charge is -2.13. The van der Waals surface area contributed by atoms with Crippen molar-refractivity contribution in [3.63, 3.8) is 0 Å². The third kappa shape index (κ3) is 6.87. The van der Waals surface area contributed by atoms with Gasteiger partial charge in [-0.05, 0) is 31.0 Å². The molecule has 114 valence electrons. The van der Waals surface area contributed by atoms with Crippen molar-refractivity contribution in [2.45, 2.75) is 26.7 Å². The Morgan fingerprint density at radius 3 is 2.60 bits per heavy atom. The zero-order valence-electron chi connectivity index (χ0n) is 12.1. The molecule has 0 aliphatic heterocycles. The molecule has 3 nitrogen and oxygen atoms in total. The SMILES string of the molecule is CCCNCCNC(=O)C(C)Cc1ccccc1F.Cl. The third-order valence-electron chi connectivity index (χ3n) is 2.96. The van der Waals surface area contributed by atoms with E-state index in [1.165, 1.54) is 6.07 Å². The summed E-state index contributed by atoms with van der Waals surface area (Å²) in [6, 6.07) is 6.59. The highest BCUT2D eigenvalue weighted by Crippen LogP contribution is 2.12. The van der Waals surface area contributed by atoms with Crippen molar-refractivity contribution >= 4 is 18.3 Å². The molecule has 0 radical (unpaired) electrons. The number of hydrogen-bond acceptors (Lipinski definition) is 2. The second kappa shape index (κ2) is 10.6. The van der Waals surface area contributed by atoms with E-state index in [0.717, 1.165) is 19.5 Å². The summed E-state index contributed by atoms with van der Waals surface area (Å²) in [4.78, 5) is 11.8. The zero-order chi connectivity index (χ0) is 14.1. The summed E-state index contributed by atoms with van der Waals surface area (Å²) in [5, 5.41) is 6.07. The van der Waals surface area contributed by atoms with E-state index in [1.54, 1.807) is 18.2 Å². The number of halogens is 2. The molecular formula is C15H24ClFN2O. The van der Waals surface area contributed by atoms with E-state index in [0.29, 0.717) is 18.5 Å². The maximum Gasteiger partial charge on any atom is 0.223 e. The van der Waals surface area contributed by atoms with Gasteiger partial charge >= 0.3 is 0 Å². The first-order valence-electron chi connectivity index (χ1n) is 6.87. The summed E-state index contributed by atoms with van der Waals surface area (Å²) < 4.78 is 13.5. The number of hydrogen-bond donors (Lipinski definition) is 2. The molecule has 1 unspecified atom stereocenters. The van der Waals surface area contributed by atoms with Gasteiger partial charge < -0.3 is 10.6 Å². The lowest BCUT2D eigenvalue weighted by molar-refractivity contribution is -0.124. The summed E-state index contributed by atoms with van der Waals surface area (Å²) in [5.74, 6) is -0.489. The summed E-state index contributed by atoms with van der Waals surface area (Å²) in [6.45, 7) is 6.26. The van der Waals surface area contributed by atoms with Gasteiger partial charge in [-0.2, -0.15) is 0 Å². The topological polar surface area (TPSA) is 41.1 Å². The van der Waals surface area contributed by atoms with Crippen molar-refractivity contribution in [2.24, 2.45) is 5.92 Å². The van der Waals surface area contributed by atoms with Gasteiger partial charge in [-0.3, -0.25) is 4.79 Å². The lowest BCUT2D eigenvalue weighted by atomic mass is 10.00. The molecule has 1 aromatic rings. The van der Waals surface area contributed by atoms with Crippen LogP contribution in [0.5, 0.6) is 0 Å². The molecule has 0 aromatic heterocycles. The van der Waals surface area contributed by atoms with Crippen LogP contribution in [-0.2, 0) is 11.2 Å². The molecule has 0 fully saturated rings. The van der Waals surface area contributed by atoms with Gasteiger partial charge in [-0.15, -0.1) is 12.4 Å². The van der Waals surface area contributed by atoms with Crippen LogP contribution in [-0.4, -0.2) is 25.5 Å². The third-order valence-corrected chi connectivity index (χ3v) is 2.96. The van der Waals surface area contributed by atoms with E-state index < -0.39 is 0 Å². The fraction of sp³-hybridized carbons (Fsp3) is 0.533. The Balaban J connectivity index is 0.00000361. The average Bonchev–Trinajstić information content (AvgIpc) is 2.41. The molecule has 0 heterocycles. The second-order valence-electron chi connectivity index (χ2n) is 4.74. The summed E-state index contributed by atoms with van der Waals surface area (Å²) >= 11 is 0. The molecule has 0 aliphatic carbocycles. The van der Waals surface area contributed by atoms with Crippen LogP contribution in [0, 0.1) is 11.7 Å². The van der Waals surface area contributed by atoms with Crippen LogP contribution in [0.2, 0.25) is 0 Å². The Labute approximate surface area is 126 Å². The molecule has 0 bridgehead atoms. The molecular weight excluding hydrogens is 279 g/mol. The smallest absolute Gasteiger partial charge is 0.223 e. The van der Waals surface area contributed by atoms with Gasteiger partial charge in [-0.25, -0.2) is 4.39 Å². The zero-order valence-corrected chi connectivity index (χ0v) is 12.9. The predicted molar refractivity (Wildman–Crippen MR) is 82.7 cm³/mol. The van der Waals surface area contributed by atoms with Crippen LogP contribution in [0.15, 0.2) is 24.3 Å². The first-order valence-corrected chi connectivity index (χ1v) is 6.87. The van der Waals surface area contributed by atoms with E-state index in [2.05, 4.69) is 17.6 Å². The quantitative estimate of drug-likeness (QED) is 0.725. The summed E-state index contributed by atoms with van der Waals surface area (Å²) in [5.41, 5.74) is 0.592. The Hall–Kier alpha value is -1.13. The van der Waals surface area contributed by atoms with Gasteiger partial charge in [0.05, 0.1) is 0 Å². The van der Waals surface area contributed by atoms with E-state index in [-0.39, 0.29) is 30.0 Å². The van der Waals surface area contributed by atoms with Crippen LogP contribution >= 0.6 is 12.4 Å². The Morgan fingerprint density at radius 2 is 1.95 bits per heavy atom. The van der Waals surface area contributed by atoms with Crippen LogP contribution in [0.3, 0.4) is 0 Å². The fourth-order valence-corrected chi connectivity index (χ4v) is 1.84. The normalized spacial score (nSPS) is 11.6. The van der Waals surface area contributed by atoms with E-state index in [9.17, 15) is 9.18 Å². The van der Waals surface area contributed by atoms with Gasteiger partial charge in [0.1, 0.15) is 5.82 Å². The van der Waals surface area contributed by atoms with Crippen LogP contribution < -0.4 is 10.6 Å². The van der Waals surface area contributed by atoms with Crippen LogP contribution in [0.25, 0.3) is 0 Å². The summed E-state index contributed by atoms with van der Waals surface area (Å²) in [6.07, 6.45) is 1.51. The molecule has 2 N–H and O–H groups in total. The van der Waals surface area contributed by atoms with Gasteiger partial charge in [0.2, 0.25) is 5.91 Å². The monoisotopic (exact) mass is 302 g/mol. The molecule has 1 aromatic carbocycles. The van der Waals surface area contributed by atoms with Crippen molar-refractivity contribution in [1.29, 1.82) is 0 Å². The van der Waals surface area contributed by atoms with E-state index >= 15 is 0 Å². The van der Waals surface area contributed by atoms with Crippen LogP contribution in [0.4, 0.5) is 4.39 Å². The summed E-state index contributed by atoms with van der Waals surface area (Å²) in [7, 11) is 0.